The Hall–Kier alpha value is -2.12. The number of esters is 1. The van der Waals surface area contributed by atoms with Gasteiger partial charge >= 0.3 is 12.0 Å². The fourth-order valence-corrected chi connectivity index (χ4v) is 3.26. The van der Waals surface area contributed by atoms with Crippen LogP contribution in [0.2, 0.25) is 0 Å². The molecule has 150 valence electrons. The number of urea groups is 1. The van der Waals surface area contributed by atoms with Crippen molar-refractivity contribution < 1.29 is 24.2 Å². The summed E-state index contributed by atoms with van der Waals surface area (Å²) in [7, 11) is 0. The molecule has 27 heavy (non-hydrogen) atoms. The minimum Gasteiger partial charge on any atom is -0.460 e. The number of rotatable bonds is 5. The predicted molar refractivity (Wildman–Crippen MR) is 101 cm³/mol. The fourth-order valence-electron chi connectivity index (χ4n) is 3.26. The number of ether oxygens (including phenoxy) is 2. The topological polar surface area (TPSA) is 88.1 Å². The molecule has 1 fully saturated rings. The van der Waals surface area contributed by atoms with Gasteiger partial charge in [0.15, 0.2) is 0 Å². The maximum atomic E-state index is 12.9. The second-order valence-corrected chi connectivity index (χ2v) is 8.16. The summed E-state index contributed by atoms with van der Waals surface area (Å²) in [6.07, 6.45) is -0.708. The number of carbonyl (C=O) groups is 2. The van der Waals surface area contributed by atoms with E-state index >= 15 is 0 Å². The van der Waals surface area contributed by atoms with E-state index in [9.17, 15) is 14.7 Å². The molecule has 1 heterocycles. The van der Waals surface area contributed by atoms with Crippen molar-refractivity contribution in [3.05, 3.63) is 35.9 Å². The average Bonchev–Trinajstić information content (AvgIpc) is 2.81. The molecule has 2 N–H and O–H groups in total. The quantitative estimate of drug-likeness (QED) is 0.769. The Morgan fingerprint density at radius 2 is 1.89 bits per heavy atom. The zero-order chi connectivity index (χ0) is 20.2. The van der Waals surface area contributed by atoms with Crippen molar-refractivity contribution in [1.82, 2.24) is 10.2 Å². The summed E-state index contributed by atoms with van der Waals surface area (Å²) in [5, 5.41) is 12.6. The third kappa shape index (κ3) is 5.68. The molecule has 0 radical (unpaired) electrons. The van der Waals surface area contributed by atoms with E-state index in [4.69, 9.17) is 9.47 Å². The molecule has 0 spiro atoms. The lowest BCUT2D eigenvalue weighted by Crippen LogP contribution is -2.53. The Morgan fingerprint density at radius 1 is 1.26 bits per heavy atom. The largest absolute Gasteiger partial charge is 0.460 e. The van der Waals surface area contributed by atoms with Gasteiger partial charge in [-0.2, -0.15) is 0 Å². The number of nitrogens with zero attached hydrogens (tertiary/aromatic N) is 1. The van der Waals surface area contributed by atoms with E-state index in [1.165, 1.54) is 4.90 Å². The summed E-state index contributed by atoms with van der Waals surface area (Å²) in [5.41, 5.74) is -0.617. The van der Waals surface area contributed by atoms with Gasteiger partial charge in [-0.05, 0) is 40.2 Å². The van der Waals surface area contributed by atoms with E-state index in [-0.39, 0.29) is 19.1 Å². The highest BCUT2D eigenvalue weighted by Gasteiger charge is 2.50. The number of amides is 2. The molecule has 2 unspecified atom stereocenters. The Morgan fingerprint density at radius 3 is 2.44 bits per heavy atom. The zero-order valence-electron chi connectivity index (χ0n) is 16.7. The van der Waals surface area contributed by atoms with Crippen LogP contribution in [-0.2, 0) is 20.8 Å². The molecular formula is C20H30N2O5. The van der Waals surface area contributed by atoms with Crippen molar-refractivity contribution in [2.45, 2.75) is 71.1 Å². The summed E-state index contributed by atoms with van der Waals surface area (Å²) in [5.74, 6) is -0.437. The summed E-state index contributed by atoms with van der Waals surface area (Å²) >= 11 is 0. The zero-order valence-corrected chi connectivity index (χ0v) is 16.7. The van der Waals surface area contributed by atoms with E-state index in [1.54, 1.807) is 34.6 Å². The molecule has 7 heteroatoms. The molecule has 1 aromatic rings. The van der Waals surface area contributed by atoms with Crippen LogP contribution in [0.15, 0.2) is 30.3 Å². The van der Waals surface area contributed by atoms with Gasteiger partial charge in [-0.25, -0.2) is 4.79 Å². The van der Waals surface area contributed by atoms with Crippen molar-refractivity contribution in [3.8, 4) is 0 Å². The molecule has 7 nitrogen and oxygen atoms in total. The van der Waals surface area contributed by atoms with Crippen LogP contribution in [0.25, 0.3) is 0 Å². The Kier molecular flexibility index (Phi) is 6.49. The van der Waals surface area contributed by atoms with Gasteiger partial charge in [0, 0.05) is 6.54 Å². The number of benzene rings is 1. The highest BCUT2D eigenvalue weighted by Crippen LogP contribution is 2.34. The summed E-state index contributed by atoms with van der Waals surface area (Å²) in [4.78, 5) is 26.7. The van der Waals surface area contributed by atoms with E-state index in [1.807, 2.05) is 30.3 Å². The third-order valence-corrected chi connectivity index (χ3v) is 4.26. The molecule has 2 amide bonds. The van der Waals surface area contributed by atoms with E-state index in [0.29, 0.717) is 6.54 Å². The smallest absolute Gasteiger partial charge is 0.320 e. The van der Waals surface area contributed by atoms with Crippen LogP contribution in [0.5, 0.6) is 0 Å². The van der Waals surface area contributed by atoms with Crippen LogP contribution in [-0.4, -0.2) is 52.1 Å². The highest BCUT2D eigenvalue weighted by atomic mass is 16.6. The van der Waals surface area contributed by atoms with Crippen molar-refractivity contribution in [3.63, 3.8) is 0 Å². The maximum absolute atomic E-state index is 12.9. The molecule has 1 aliphatic heterocycles. The number of hydrogen-bond acceptors (Lipinski definition) is 5. The standard InChI is InChI=1S/C20H30N2O5/c1-19(2,3)27-17(24)11-15-16(13-23)26-20(4,5)22(15)18(25)21-12-14-9-7-6-8-10-14/h6-10,15-16,23H,11-13H2,1-5H3,(H,21,25). The lowest BCUT2D eigenvalue weighted by atomic mass is 10.1. The minimum absolute atomic E-state index is 0.0509. The molecule has 0 aromatic heterocycles. The second kappa shape index (κ2) is 8.27. The van der Waals surface area contributed by atoms with Gasteiger partial charge in [-0.15, -0.1) is 0 Å². The van der Waals surface area contributed by atoms with Crippen molar-refractivity contribution >= 4 is 12.0 Å². The summed E-state index contributed by atoms with van der Waals surface area (Å²) in [6.45, 7) is 8.91. The SMILES string of the molecule is CC(C)(C)OC(=O)CC1C(CO)OC(C)(C)N1C(=O)NCc1ccccc1. The highest BCUT2D eigenvalue weighted by molar-refractivity contribution is 5.77. The molecule has 1 saturated heterocycles. The minimum atomic E-state index is -0.957. The van der Waals surface area contributed by atoms with Crippen LogP contribution in [0, 0.1) is 0 Å². The number of nitrogens with one attached hydrogen (secondary N) is 1. The molecule has 2 atom stereocenters. The monoisotopic (exact) mass is 378 g/mol. The Labute approximate surface area is 160 Å². The van der Waals surface area contributed by atoms with Crippen molar-refractivity contribution in [2.24, 2.45) is 0 Å². The van der Waals surface area contributed by atoms with Crippen LogP contribution in [0.4, 0.5) is 4.79 Å². The molecule has 2 rings (SSSR count). The summed E-state index contributed by atoms with van der Waals surface area (Å²) < 4.78 is 11.2. The molecule has 1 aromatic carbocycles. The lowest BCUT2D eigenvalue weighted by Gasteiger charge is -2.33. The van der Waals surface area contributed by atoms with Crippen molar-refractivity contribution in [1.29, 1.82) is 0 Å². The Bertz CT molecular complexity index is 654. The van der Waals surface area contributed by atoms with E-state index in [0.717, 1.165) is 5.56 Å². The molecule has 0 aliphatic carbocycles. The maximum Gasteiger partial charge on any atom is 0.320 e. The van der Waals surface area contributed by atoms with Gasteiger partial charge in [-0.3, -0.25) is 9.69 Å². The number of carbonyl (C=O) groups excluding carboxylic acids is 2. The van der Waals surface area contributed by atoms with Gasteiger partial charge in [0.05, 0.1) is 19.1 Å². The van der Waals surface area contributed by atoms with Gasteiger partial charge < -0.3 is 19.9 Å². The van der Waals surface area contributed by atoms with E-state index in [2.05, 4.69) is 5.32 Å². The summed E-state index contributed by atoms with van der Waals surface area (Å²) in [6, 6.07) is 8.57. The average molecular weight is 378 g/mol. The first kappa shape index (κ1) is 21.2. The number of aliphatic hydroxyl groups excluding tert-OH is 1. The fraction of sp³-hybridized carbons (Fsp3) is 0.600. The van der Waals surface area contributed by atoms with Crippen molar-refractivity contribution in [2.75, 3.05) is 6.61 Å². The number of aliphatic hydroxyl groups is 1. The van der Waals surface area contributed by atoms with Gasteiger partial charge in [0.2, 0.25) is 0 Å². The molecular weight excluding hydrogens is 348 g/mol. The molecule has 0 bridgehead atoms. The first-order valence-electron chi connectivity index (χ1n) is 9.15. The normalized spacial score (nSPS) is 21.8. The Balaban J connectivity index is 2.13. The molecule has 0 saturated carbocycles. The van der Waals surface area contributed by atoms with Crippen LogP contribution >= 0.6 is 0 Å². The third-order valence-electron chi connectivity index (χ3n) is 4.26. The predicted octanol–water partition coefficient (Wildman–Crippen LogP) is 2.43. The van der Waals surface area contributed by atoms with Gasteiger partial charge in [0.1, 0.15) is 17.4 Å². The van der Waals surface area contributed by atoms with Crippen LogP contribution in [0.3, 0.4) is 0 Å². The first-order valence-corrected chi connectivity index (χ1v) is 9.15. The van der Waals surface area contributed by atoms with Crippen LogP contribution in [0.1, 0.15) is 46.6 Å². The molecule has 1 aliphatic rings. The second-order valence-electron chi connectivity index (χ2n) is 8.16. The van der Waals surface area contributed by atoms with E-state index < -0.39 is 29.4 Å². The van der Waals surface area contributed by atoms with Crippen LogP contribution < -0.4 is 5.32 Å². The van der Waals surface area contributed by atoms with Gasteiger partial charge in [0.25, 0.3) is 0 Å². The first-order chi connectivity index (χ1) is 12.5. The van der Waals surface area contributed by atoms with Gasteiger partial charge in [-0.1, -0.05) is 30.3 Å². The number of hydrogen-bond donors (Lipinski definition) is 2. The lowest BCUT2D eigenvalue weighted by molar-refractivity contribution is -0.156.